The number of hydrogen-bond acceptors (Lipinski definition) is 4. The van der Waals surface area contributed by atoms with Crippen molar-refractivity contribution in [3.8, 4) is 6.07 Å². The van der Waals surface area contributed by atoms with Crippen molar-refractivity contribution in [2.45, 2.75) is 25.9 Å². The summed E-state index contributed by atoms with van der Waals surface area (Å²) in [7, 11) is 0. The molecule has 0 radical (unpaired) electrons. The molecule has 0 bridgehead atoms. The monoisotopic (exact) mass is 165 g/mol. The van der Waals surface area contributed by atoms with Gasteiger partial charge in [-0.25, -0.2) is 0 Å². The third-order valence-corrected chi connectivity index (χ3v) is 1.58. The SMILES string of the molecule is CCC(C#N)NCc1ccno1. The van der Waals surface area contributed by atoms with Crippen molar-refractivity contribution in [3.63, 3.8) is 0 Å². The van der Waals surface area contributed by atoms with E-state index in [1.807, 2.05) is 6.92 Å². The summed E-state index contributed by atoms with van der Waals surface area (Å²) in [6.07, 6.45) is 2.38. The third-order valence-electron chi connectivity index (χ3n) is 1.58. The Morgan fingerprint density at radius 1 is 1.83 bits per heavy atom. The van der Waals surface area contributed by atoms with Gasteiger partial charge in [-0.3, -0.25) is 5.32 Å². The topological polar surface area (TPSA) is 61.9 Å². The first kappa shape index (κ1) is 8.75. The van der Waals surface area contributed by atoms with Gasteiger partial charge in [-0.1, -0.05) is 12.1 Å². The molecular formula is C8H11N3O. The predicted octanol–water partition coefficient (Wildman–Crippen LogP) is 1.07. The zero-order chi connectivity index (χ0) is 8.81. The zero-order valence-corrected chi connectivity index (χ0v) is 6.95. The highest BCUT2D eigenvalue weighted by atomic mass is 16.5. The summed E-state index contributed by atoms with van der Waals surface area (Å²) >= 11 is 0. The number of nitrogens with one attached hydrogen (secondary N) is 1. The normalized spacial score (nSPS) is 12.3. The van der Waals surface area contributed by atoms with Gasteiger partial charge in [-0.05, 0) is 6.42 Å². The molecule has 0 saturated heterocycles. The highest BCUT2D eigenvalue weighted by Gasteiger charge is 2.03. The van der Waals surface area contributed by atoms with Gasteiger partial charge in [0.25, 0.3) is 0 Å². The molecule has 0 saturated carbocycles. The van der Waals surface area contributed by atoms with E-state index in [0.29, 0.717) is 6.54 Å². The Balaban J connectivity index is 2.31. The van der Waals surface area contributed by atoms with Crippen molar-refractivity contribution in [2.75, 3.05) is 0 Å². The summed E-state index contributed by atoms with van der Waals surface area (Å²) in [6.45, 7) is 2.52. The van der Waals surface area contributed by atoms with Gasteiger partial charge in [-0.15, -0.1) is 0 Å². The van der Waals surface area contributed by atoms with Gasteiger partial charge in [-0.2, -0.15) is 5.26 Å². The molecule has 1 unspecified atom stereocenters. The van der Waals surface area contributed by atoms with Gasteiger partial charge in [0.05, 0.1) is 24.9 Å². The van der Waals surface area contributed by atoms with Crippen molar-refractivity contribution in [2.24, 2.45) is 0 Å². The average Bonchev–Trinajstić information content (AvgIpc) is 2.59. The van der Waals surface area contributed by atoms with E-state index in [4.69, 9.17) is 9.78 Å². The standard InChI is InChI=1S/C8H11N3O/c1-2-7(5-9)10-6-8-3-4-11-12-8/h3-4,7,10H,2,6H2,1H3. The molecule has 0 aromatic carbocycles. The third kappa shape index (κ3) is 2.36. The van der Waals surface area contributed by atoms with Crippen LogP contribution in [-0.4, -0.2) is 11.2 Å². The fourth-order valence-corrected chi connectivity index (χ4v) is 0.838. The molecule has 12 heavy (non-hydrogen) atoms. The minimum Gasteiger partial charge on any atom is -0.360 e. The van der Waals surface area contributed by atoms with Gasteiger partial charge in [0.2, 0.25) is 0 Å². The van der Waals surface area contributed by atoms with Crippen LogP contribution in [-0.2, 0) is 6.54 Å². The van der Waals surface area contributed by atoms with Gasteiger partial charge in [0.15, 0.2) is 0 Å². The van der Waals surface area contributed by atoms with Crippen molar-refractivity contribution < 1.29 is 4.52 Å². The lowest BCUT2D eigenvalue weighted by Crippen LogP contribution is -2.25. The van der Waals surface area contributed by atoms with Crippen molar-refractivity contribution in [1.29, 1.82) is 5.26 Å². The maximum atomic E-state index is 8.60. The Labute approximate surface area is 71.2 Å². The first-order chi connectivity index (χ1) is 5.86. The molecule has 0 spiro atoms. The fraction of sp³-hybridized carbons (Fsp3) is 0.500. The first-order valence-corrected chi connectivity index (χ1v) is 3.89. The molecule has 0 aliphatic carbocycles. The number of aromatic nitrogens is 1. The fourth-order valence-electron chi connectivity index (χ4n) is 0.838. The Kier molecular flexibility index (Phi) is 3.30. The molecule has 1 atom stereocenters. The van der Waals surface area contributed by atoms with E-state index in [9.17, 15) is 0 Å². The summed E-state index contributed by atoms with van der Waals surface area (Å²) in [5, 5.41) is 15.2. The maximum absolute atomic E-state index is 8.60. The Hall–Kier alpha value is -1.34. The smallest absolute Gasteiger partial charge is 0.150 e. The first-order valence-electron chi connectivity index (χ1n) is 3.89. The van der Waals surface area contributed by atoms with Crippen LogP contribution in [0.1, 0.15) is 19.1 Å². The maximum Gasteiger partial charge on any atom is 0.150 e. The van der Waals surface area contributed by atoms with E-state index in [2.05, 4.69) is 16.5 Å². The van der Waals surface area contributed by atoms with Crippen LogP contribution in [0, 0.1) is 11.3 Å². The minimum atomic E-state index is -0.102. The van der Waals surface area contributed by atoms with E-state index in [1.54, 1.807) is 12.3 Å². The highest BCUT2D eigenvalue weighted by Crippen LogP contribution is 1.97. The number of nitriles is 1. The molecule has 1 heterocycles. The van der Waals surface area contributed by atoms with Crippen molar-refractivity contribution in [3.05, 3.63) is 18.0 Å². The summed E-state index contributed by atoms with van der Waals surface area (Å²) in [6, 6.07) is 3.81. The van der Waals surface area contributed by atoms with Gasteiger partial charge >= 0.3 is 0 Å². The molecule has 1 N–H and O–H groups in total. The van der Waals surface area contributed by atoms with Crippen LogP contribution in [0.15, 0.2) is 16.8 Å². The second-order valence-corrected chi connectivity index (χ2v) is 2.45. The largest absolute Gasteiger partial charge is 0.360 e. The summed E-state index contributed by atoms with van der Waals surface area (Å²) < 4.78 is 4.85. The van der Waals surface area contributed by atoms with Gasteiger partial charge in [0.1, 0.15) is 5.76 Å². The number of nitrogens with zero attached hydrogens (tertiary/aromatic N) is 2. The predicted molar refractivity (Wildman–Crippen MR) is 43.0 cm³/mol. The van der Waals surface area contributed by atoms with E-state index >= 15 is 0 Å². The van der Waals surface area contributed by atoms with Crippen molar-refractivity contribution >= 4 is 0 Å². The van der Waals surface area contributed by atoms with Gasteiger partial charge < -0.3 is 4.52 Å². The van der Waals surface area contributed by atoms with Crippen LogP contribution in [0.2, 0.25) is 0 Å². The minimum absolute atomic E-state index is 0.102. The second kappa shape index (κ2) is 4.52. The van der Waals surface area contributed by atoms with E-state index in [0.717, 1.165) is 12.2 Å². The quantitative estimate of drug-likeness (QED) is 0.724. The molecule has 0 aliphatic rings. The summed E-state index contributed by atoms with van der Waals surface area (Å²) in [4.78, 5) is 0. The lowest BCUT2D eigenvalue weighted by molar-refractivity contribution is 0.368. The molecule has 0 amide bonds. The van der Waals surface area contributed by atoms with Crippen LogP contribution >= 0.6 is 0 Å². The molecule has 1 aromatic heterocycles. The molecule has 0 fully saturated rings. The van der Waals surface area contributed by atoms with Crippen LogP contribution < -0.4 is 5.32 Å². The molecule has 64 valence electrons. The highest BCUT2D eigenvalue weighted by molar-refractivity contribution is 4.95. The van der Waals surface area contributed by atoms with Crippen LogP contribution in [0.25, 0.3) is 0 Å². The van der Waals surface area contributed by atoms with E-state index in [1.165, 1.54) is 0 Å². The van der Waals surface area contributed by atoms with Crippen LogP contribution in [0.4, 0.5) is 0 Å². The number of rotatable bonds is 4. The molecule has 1 rings (SSSR count). The van der Waals surface area contributed by atoms with Crippen LogP contribution in [0.3, 0.4) is 0 Å². The van der Waals surface area contributed by atoms with Gasteiger partial charge in [0, 0.05) is 6.07 Å². The molecule has 0 aliphatic heterocycles. The summed E-state index contributed by atoms with van der Waals surface area (Å²) in [5.74, 6) is 0.753. The molecule has 1 aromatic rings. The van der Waals surface area contributed by atoms with Crippen LogP contribution in [0.5, 0.6) is 0 Å². The second-order valence-electron chi connectivity index (χ2n) is 2.45. The lowest BCUT2D eigenvalue weighted by atomic mass is 10.2. The Morgan fingerprint density at radius 2 is 2.67 bits per heavy atom. The molecule has 4 nitrogen and oxygen atoms in total. The zero-order valence-electron chi connectivity index (χ0n) is 6.95. The number of hydrogen-bond donors (Lipinski definition) is 1. The summed E-state index contributed by atoms with van der Waals surface area (Å²) in [5.41, 5.74) is 0. The molecule has 4 heteroatoms. The average molecular weight is 165 g/mol. The lowest BCUT2D eigenvalue weighted by Gasteiger charge is -2.05. The van der Waals surface area contributed by atoms with Crippen molar-refractivity contribution in [1.82, 2.24) is 10.5 Å². The van der Waals surface area contributed by atoms with E-state index in [-0.39, 0.29) is 6.04 Å². The van der Waals surface area contributed by atoms with E-state index < -0.39 is 0 Å². The molecular weight excluding hydrogens is 154 g/mol. The Morgan fingerprint density at radius 3 is 3.17 bits per heavy atom. The Bertz CT molecular complexity index is 250.